The van der Waals surface area contributed by atoms with Gasteiger partial charge in [-0.15, -0.1) is 11.6 Å². The fourth-order valence-corrected chi connectivity index (χ4v) is 2.95. The van der Waals surface area contributed by atoms with Crippen LogP contribution >= 0.6 is 11.6 Å². The number of nitrogens with zero attached hydrogens (tertiary/aromatic N) is 2. The topological polar surface area (TPSA) is 50.3 Å². The van der Waals surface area contributed by atoms with E-state index in [1.807, 2.05) is 25.1 Å². The number of hydrogen-bond acceptors (Lipinski definition) is 3. The Kier molecular flexibility index (Phi) is 6.05. The Balaban J connectivity index is 2.61. The van der Waals surface area contributed by atoms with Crippen LogP contribution in [0.25, 0.3) is 0 Å². The first-order valence-corrected chi connectivity index (χ1v) is 8.02. The molecule has 1 aromatic rings. The number of aromatic nitrogens is 1. The average Bonchev–Trinajstić information content (AvgIpc) is 2.29. The predicted molar refractivity (Wildman–Crippen MR) is 74.2 cm³/mol. The molecule has 18 heavy (non-hydrogen) atoms. The molecule has 1 heterocycles. The van der Waals surface area contributed by atoms with Gasteiger partial charge in [0.05, 0.1) is 18.0 Å². The van der Waals surface area contributed by atoms with Gasteiger partial charge in [-0.1, -0.05) is 6.07 Å². The SMILES string of the molecule is Cc1cccc(CN(C)S(=O)(=O)CCCCCl)n1. The molecule has 0 unspecified atom stereocenters. The van der Waals surface area contributed by atoms with Gasteiger partial charge in [0.1, 0.15) is 0 Å². The number of aryl methyl sites for hydroxylation is 1. The van der Waals surface area contributed by atoms with Crippen molar-refractivity contribution in [3.8, 4) is 0 Å². The Morgan fingerprint density at radius 3 is 2.67 bits per heavy atom. The second-order valence-corrected chi connectivity index (χ2v) is 6.81. The van der Waals surface area contributed by atoms with Gasteiger partial charge in [0, 0.05) is 18.6 Å². The number of alkyl halides is 1. The molecule has 0 radical (unpaired) electrons. The fraction of sp³-hybridized carbons (Fsp3) is 0.583. The molecule has 102 valence electrons. The van der Waals surface area contributed by atoms with Crippen LogP contribution in [0.15, 0.2) is 18.2 Å². The largest absolute Gasteiger partial charge is 0.257 e. The van der Waals surface area contributed by atoms with E-state index in [0.29, 0.717) is 18.8 Å². The van der Waals surface area contributed by atoms with Gasteiger partial charge >= 0.3 is 0 Å². The molecular formula is C12H19ClN2O2S. The molecule has 1 aromatic heterocycles. The Morgan fingerprint density at radius 1 is 1.33 bits per heavy atom. The zero-order valence-electron chi connectivity index (χ0n) is 10.8. The van der Waals surface area contributed by atoms with Crippen molar-refractivity contribution in [3.63, 3.8) is 0 Å². The maximum absolute atomic E-state index is 11.9. The first-order valence-electron chi connectivity index (χ1n) is 5.88. The van der Waals surface area contributed by atoms with Gasteiger partial charge in [0.25, 0.3) is 0 Å². The van der Waals surface area contributed by atoms with Gasteiger partial charge in [-0.25, -0.2) is 8.42 Å². The maximum Gasteiger partial charge on any atom is 0.214 e. The molecule has 0 bridgehead atoms. The van der Waals surface area contributed by atoms with E-state index in [1.165, 1.54) is 4.31 Å². The molecule has 0 aliphatic heterocycles. The highest BCUT2D eigenvalue weighted by molar-refractivity contribution is 7.89. The molecule has 0 saturated heterocycles. The van der Waals surface area contributed by atoms with Gasteiger partial charge in [-0.3, -0.25) is 4.98 Å². The van der Waals surface area contributed by atoms with E-state index in [2.05, 4.69) is 4.98 Å². The van der Waals surface area contributed by atoms with Gasteiger partial charge in [0.15, 0.2) is 0 Å². The van der Waals surface area contributed by atoms with E-state index in [9.17, 15) is 8.42 Å². The van der Waals surface area contributed by atoms with Gasteiger partial charge < -0.3 is 0 Å². The van der Waals surface area contributed by atoms with Crippen LogP contribution in [0.3, 0.4) is 0 Å². The average molecular weight is 291 g/mol. The Morgan fingerprint density at radius 2 is 2.06 bits per heavy atom. The minimum absolute atomic E-state index is 0.141. The minimum atomic E-state index is -3.21. The Bertz CT molecular complexity index is 477. The predicted octanol–water partition coefficient (Wildman–Crippen LogP) is 2.17. The van der Waals surface area contributed by atoms with Crippen molar-refractivity contribution < 1.29 is 8.42 Å². The summed E-state index contributed by atoms with van der Waals surface area (Å²) < 4.78 is 25.2. The second kappa shape index (κ2) is 7.07. The number of halogens is 1. The summed E-state index contributed by atoms with van der Waals surface area (Å²) in [6, 6.07) is 5.60. The molecule has 0 N–H and O–H groups in total. The van der Waals surface area contributed by atoms with Crippen LogP contribution in [-0.4, -0.2) is 36.4 Å². The maximum atomic E-state index is 11.9. The number of sulfonamides is 1. The quantitative estimate of drug-likeness (QED) is 0.571. The molecule has 0 spiro atoms. The Hall–Kier alpha value is -0.650. The smallest absolute Gasteiger partial charge is 0.214 e. The lowest BCUT2D eigenvalue weighted by molar-refractivity contribution is 0.460. The van der Waals surface area contributed by atoms with Crippen LogP contribution in [0.2, 0.25) is 0 Å². The molecule has 1 rings (SSSR count). The molecule has 0 saturated carbocycles. The van der Waals surface area contributed by atoms with Crippen molar-refractivity contribution >= 4 is 21.6 Å². The summed E-state index contributed by atoms with van der Waals surface area (Å²) in [7, 11) is -1.63. The fourth-order valence-electron chi connectivity index (χ4n) is 1.55. The molecule has 4 nitrogen and oxygen atoms in total. The van der Waals surface area contributed by atoms with Crippen LogP contribution in [0.5, 0.6) is 0 Å². The van der Waals surface area contributed by atoms with Crippen molar-refractivity contribution in [3.05, 3.63) is 29.6 Å². The highest BCUT2D eigenvalue weighted by Crippen LogP contribution is 2.08. The molecule has 6 heteroatoms. The number of hydrogen-bond donors (Lipinski definition) is 0. The highest BCUT2D eigenvalue weighted by Gasteiger charge is 2.17. The molecule has 0 aliphatic rings. The standard InChI is InChI=1S/C12H19ClN2O2S/c1-11-6-5-7-12(14-11)10-15(2)18(16,17)9-4-3-8-13/h5-7H,3-4,8-10H2,1-2H3. The zero-order valence-corrected chi connectivity index (χ0v) is 12.3. The number of unbranched alkanes of at least 4 members (excludes halogenated alkanes) is 1. The summed E-state index contributed by atoms with van der Waals surface area (Å²) in [5.74, 6) is 0.640. The van der Waals surface area contributed by atoms with Crippen LogP contribution in [-0.2, 0) is 16.6 Å². The summed E-state index contributed by atoms with van der Waals surface area (Å²) in [6.45, 7) is 2.20. The van der Waals surface area contributed by atoms with Crippen LogP contribution in [0.1, 0.15) is 24.2 Å². The van der Waals surface area contributed by atoms with E-state index in [1.54, 1.807) is 7.05 Å². The molecule has 0 amide bonds. The third kappa shape index (κ3) is 4.92. The lowest BCUT2D eigenvalue weighted by Gasteiger charge is -2.16. The van der Waals surface area contributed by atoms with E-state index in [4.69, 9.17) is 11.6 Å². The number of pyridine rings is 1. The first-order chi connectivity index (χ1) is 8.45. The molecular weight excluding hydrogens is 272 g/mol. The summed E-state index contributed by atoms with van der Waals surface area (Å²) in [5.41, 5.74) is 1.65. The highest BCUT2D eigenvalue weighted by atomic mass is 35.5. The first kappa shape index (κ1) is 15.4. The van der Waals surface area contributed by atoms with Crippen LogP contribution < -0.4 is 0 Å². The van der Waals surface area contributed by atoms with Crippen molar-refractivity contribution in [2.45, 2.75) is 26.3 Å². The van der Waals surface area contributed by atoms with Gasteiger partial charge in [-0.05, 0) is 31.9 Å². The van der Waals surface area contributed by atoms with E-state index in [-0.39, 0.29) is 5.75 Å². The van der Waals surface area contributed by atoms with E-state index in [0.717, 1.165) is 17.8 Å². The minimum Gasteiger partial charge on any atom is -0.257 e. The lowest BCUT2D eigenvalue weighted by atomic mass is 10.3. The summed E-state index contributed by atoms with van der Waals surface area (Å²) in [4.78, 5) is 4.30. The summed E-state index contributed by atoms with van der Waals surface area (Å²) >= 11 is 5.54. The van der Waals surface area contributed by atoms with E-state index >= 15 is 0 Å². The number of rotatable bonds is 7. The van der Waals surface area contributed by atoms with Crippen molar-refractivity contribution in [1.82, 2.24) is 9.29 Å². The molecule has 0 fully saturated rings. The normalized spacial score (nSPS) is 12.0. The van der Waals surface area contributed by atoms with Crippen LogP contribution in [0, 0.1) is 6.92 Å². The van der Waals surface area contributed by atoms with Crippen LogP contribution in [0.4, 0.5) is 0 Å². The van der Waals surface area contributed by atoms with Crippen molar-refractivity contribution in [1.29, 1.82) is 0 Å². The third-order valence-corrected chi connectivity index (χ3v) is 4.74. The molecule has 0 aromatic carbocycles. The summed E-state index contributed by atoms with van der Waals surface area (Å²) in [5, 5.41) is 0. The zero-order chi connectivity index (χ0) is 13.6. The monoisotopic (exact) mass is 290 g/mol. The van der Waals surface area contributed by atoms with Crippen molar-refractivity contribution in [2.24, 2.45) is 0 Å². The second-order valence-electron chi connectivity index (χ2n) is 4.24. The molecule has 0 atom stereocenters. The summed E-state index contributed by atoms with van der Waals surface area (Å²) in [6.07, 6.45) is 1.31. The Labute approximate surface area is 114 Å². The lowest BCUT2D eigenvalue weighted by Crippen LogP contribution is -2.29. The third-order valence-electron chi connectivity index (χ3n) is 2.59. The van der Waals surface area contributed by atoms with Gasteiger partial charge in [0.2, 0.25) is 10.0 Å². The van der Waals surface area contributed by atoms with Gasteiger partial charge in [-0.2, -0.15) is 4.31 Å². The van der Waals surface area contributed by atoms with Crippen molar-refractivity contribution in [2.75, 3.05) is 18.7 Å². The van der Waals surface area contributed by atoms with E-state index < -0.39 is 10.0 Å². The molecule has 0 aliphatic carbocycles.